The Labute approximate surface area is 176 Å². The van der Waals surface area contributed by atoms with Gasteiger partial charge in [-0.2, -0.15) is 18.3 Å². The Kier molecular flexibility index (Phi) is 3.62. The number of carbonyl (C=O) groups is 1. The van der Waals surface area contributed by atoms with Crippen LogP contribution in [-0.4, -0.2) is 45.3 Å². The number of rotatable bonds is 3. The van der Waals surface area contributed by atoms with E-state index < -0.39 is 17.6 Å². The van der Waals surface area contributed by atoms with E-state index in [4.69, 9.17) is 5.73 Å². The maximum absolute atomic E-state index is 13.2. The Morgan fingerprint density at radius 2 is 2.00 bits per heavy atom. The van der Waals surface area contributed by atoms with Gasteiger partial charge >= 0.3 is 12.2 Å². The molecule has 10 heteroatoms. The fourth-order valence-electron chi connectivity index (χ4n) is 5.84. The van der Waals surface area contributed by atoms with E-state index in [1.165, 1.54) is 25.5 Å². The molecule has 3 saturated carbocycles. The van der Waals surface area contributed by atoms with E-state index in [0.29, 0.717) is 30.7 Å². The summed E-state index contributed by atoms with van der Waals surface area (Å²) in [5.41, 5.74) is 6.34. The first-order chi connectivity index (χ1) is 14.7. The standard InChI is InChI=1S/C21H23F3N6O/c22-21(23,24)14-3-13(8-26-17(14)25)15-4-16-20(1-2-30(16)28-15)10-29(11-20)18(31)27-9-19-5-12(6-19)7-19/h3-4,8,12H,1-2,5-7,9-11H2,(H2,25,26)(H,27,31). The first kappa shape index (κ1) is 18.9. The number of fused-ring (bicyclic) bond motifs is 2. The monoisotopic (exact) mass is 432 g/mol. The number of likely N-dealkylation sites (tertiary alicyclic amines) is 1. The molecule has 2 amide bonds. The van der Waals surface area contributed by atoms with Gasteiger partial charge in [-0.05, 0) is 49.1 Å². The summed E-state index contributed by atoms with van der Waals surface area (Å²) >= 11 is 0. The van der Waals surface area contributed by atoms with Gasteiger partial charge in [-0.3, -0.25) is 4.68 Å². The van der Waals surface area contributed by atoms with Crippen molar-refractivity contribution in [3.05, 3.63) is 29.6 Å². The fourth-order valence-corrected chi connectivity index (χ4v) is 5.84. The first-order valence-electron chi connectivity index (χ1n) is 10.6. The molecule has 7 rings (SSSR count). The number of aryl methyl sites for hydroxylation is 1. The van der Waals surface area contributed by atoms with Crippen LogP contribution in [0.25, 0.3) is 11.3 Å². The van der Waals surface area contributed by atoms with Crippen LogP contribution in [0.2, 0.25) is 0 Å². The van der Waals surface area contributed by atoms with Crippen LogP contribution in [-0.2, 0) is 18.1 Å². The number of urea groups is 1. The lowest BCUT2D eigenvalue weighted by Gasteiger charge is -2.62. The van der Waals surface area contributed by atoms with E-state index in [1.807, 2.05) is 15.6 Å². The van der Waals surface area contributed by atoms with E-state index in [1.54, 1.807) is 0 Å². The smallest absolute Gasteiger partial charge is 0.383 e. The molecule has 1 saturated heterocycles. The highest BCUT2D eigenvalue weighted by Crippen LogP contribution is 2.63. The molecule has 2 aliphatic heterocycles. The molecule has 4 heterocycles. The average Bonchev–Trinajstić information content (AvgIpc) is 3.16. The number of nitrogens with one attached hydrogen (secondary N) is 1. The minimum atomic E-state index is -4.57. The van der Waals surface area contributed by atoms with Crippen molar-refractivity contribution in [1.82, 2.24) is 25.0 Å². The van der Waals surface area contributed by atoms with Crippen molar-refractivity contribution < 1.29 is 18.0 Å². The zero-order valence-electron chi connectivity index (χ0n) is 16.9. The number of anilines is 1. The summed E-state index contributed by atoms with van der Waals surface area (Å²) < 4.78 is 41.4. The summed E-state index contributed by atoms with van der Waals surface area (Å²) in [5.74, 6) is 0.347. The number of nitrogens with zero attached hydrogens (tertiary/aromatic N) is 4. The molecule has 0 aromatic carbocycles. The molecule has 3 N–H and O–H groups in total. The van der Waals surface area contributed by atoms with Crippen LogP contribution in [0.15, 0.2) is 18.3 Å². The summed E-state index contributed by atoms with van der Waals surface area (Å²) in [6.45, 7) is 2.66. The summed E-state index contributed by atoms with van der Waals surface area (Å²) in [6.07, 6.45) is 1.36. The van der Waals surface area contributed by atoms with Crippen molar-refractivity contribution >= 4 is 11.8 Å². The third-order valence-corrected chi connectivity index (χ3v) is 7.70. The van der Waals surface area contributed by atoms with Gasteiger partial charge in [0, 0.05) is 49.0 Å². The fraction of sp³-hybridized carbons (Fsp3) is 0.571. The van der Waals surface area contributed by atoms with Gasteiger partial charge in [-0.1, -0.05) is 0 Å². The van der Waals surface area contributed by atoms with Crippen molar-refractivity contribution in [2.45, 2.75) is 43.8 Å². The van der Waals surface area contributed by atoms with Crippen LogP contribution >= 0.6 is 0 Å². The maximum atomic E-state index is 13.2. The molecule has 2 aromatic rings. The Morgan fingerprint density at radius 3 is 2.65 bits per heavy atom. The number of nitrogens with two attached hydrogens (primary N) is 1. The van der Waals surface area contributed by atoms with Crippen molar-refractivity contribution in [2.24, 2.45) is 11.3 Å². The average molecular weight is 432 g/mol. The molecular formula is C21H23F3N6O. The number of pyridine rings is 1. The predicted octanol–water partition coefficient (Wildman–Crippen LogP) is 3.01. The number of hydrogen-bond acceptors (Lipinski definition) is 4. The minimum Gasteiger partial charge on any atom is -0.383 e. The lowest BCUT2D eigenvalue weighted by molar-refractivity contribution is -0.137. The molecule has 7 nitrogen and oxygen atoms in total. The van der Waals surface area contributed by atoms with Gasteiger partial charge in [0.1, 0.15) is 5.82 Å². The summed E-state index contributed by atoms with van der Waals surface area (Å²) in [4.78, 5) is 18.1. The predicted molar refractivity (Wildman–Crippen MR) is 106 cm³/mol. The first-order valence-corrected chi connectivity index (χ1v) is 10.6. The number of carbonyl (C=O) groups excluding carboxylic acids is 1. The van der Waals surface area contributed by atoms with E-state index in [0.717, 1.165) is 30.6 Å². The van der Waals surface area contributed by atoms with Crippen molar-refractivity contribution in [3.63, 3.8) is 0 Å². The number of amides is 2. The van der Waals surface area contributed by atoms with Crippen LogP contribution in [0, 0.1) is 11.3 Å². The zero-order valence-corrected chi connectivity index (χ0v) is 16.9. The summed E-state index contributed by atoms with van der Waals surface area (Å²) in [7, 11) is 0. The van der Waals surface area contributed by atoms with Gasteiger partial charge in [0.2, 0.25) is 0 Å². The third-order valence-electron chi connectivity index (χ3n) is 7.70. The largest absolute Gasteiger partial charge is 0.419 e. The number of alkyl halides is 3. The second-order valence-corrected chi connectivity index (χ2v) is 9.82. The third kappa shape index (κ3) is 2.76. The summed E-state index contributed by atoms with van der Waals surface area (Å²) in [5, 5.41) is 7.59. The highest BCUT2D eigenvalue weighted by atomic mass is 19.4. The number of halogens is 3. The lowest BCUT2D eigenvalue weighted by Crippen LogP contribution is -2.64. The van der Waals surface area contributed by atoms with Crippen molar-refractivity contribution in [2.75, 3.05) is 25.4 Å². The molecule has 2 aromatic heterocycles. The topological polar surface area (TPSA) is 89.1 Å². The van der Waals surface area contributed by atoms with E-state index in [9.17, 15) is 18.0 Å². The highest BCUT2D eigenvalue weighted by molar-refractivity contribution is 5.76. The van der Waals surface area contributed by atoms with Gasteiger partial charge < -0.3 is 16.0 Å². The molecule has 0 unspecified atom stereocenters. The number of aromatic nitrogens is 3. The molecule has 2 bridgehead atoms. The van der Waals surface area contributed by atoms with Gasteiger partial charge in [0.25, 0.3) is 0 Å². The van der Waals surface area contributed by atoms with Crippen LogP contribution in [0.1, 0.15) is 36.9 Å². The minimum absolute atomic E-state index is 0.0221. The van der Waals surface area contributed by atoms with Crippen LogP contribution in [0.4, 0.5) is 23.8 Å². The van der Waals surface area contributed by atoms with Gasteiger partial charge in [0.05, 0.1) is 11.3 Å². The lowest BCUT2D eigenvalue weighted by atomic mass is 9.44. The second kappa shape index (κ2) is 5.92. The molecule has 0 radical (unpaired) electrons. The van der Waals surface area contributed by atoms with Gasteiger partial charge in [-0.15, -0.1) is 0 Å². The normalized spacial score (nSPS) is 27.3. The molecule has 31 heavy (non-hydrogen) atoms. The van der Waals surface area contributed by atoms with E-state index in [-0.39, 0.29) is 17.0 Å². The quantitative estimate of drug-likeness (QED) is 0.781. The SMILES string of the molecule is Nc1ncc(-c2cc3n(n2)CCC32CN(C(=O)NCC34CC(C3)C4)C2)cc1C(F)(F)F. The van der Waals surface area contributed by atoms with E-state index >= 15 is 0 Å². The Bertz CT molecular complexity index is 1070. The van der Waals surface area contributed by atoms with Crippen LogP contribution in [0.3, 0.4) is 0 Å². The maximum Gasteiger partial charge on any atom is 0.419 e. The number of nitrogen functional groups attached to an aromatic ring is 1. The Morgan fingerprint density at radius 1 is 1.26 bits per heavy atom. The molecule has 0 atom stereocenters. The molecule has 5 aliphatic rings. The van der Waals surface area contributed by atoms with E-state index in [2.05, 4.69) is 15.4 Å². The number of hydrogen-bond donors (Lipinski definition) is 2. The second-order valence-electron chi connectivity index (χ2n) is 9.82. The highest BCUT2D eigenvalue weighted by Gasteiger charge is 2.57. The molecular weight excluding hydrogens is 409 g/mol. The van der Waals surface area contributed by atoms with Gasteiger partial charge in [0.15, 0.2) is 0 Å². The molecule has 4 fully saturated rings. The van der Waals surface area contributed by atoms with Crippen LogP contribution < -0.4 is 11.1 Å². The van der Waals surface area contributed by atoms with Gasteiger partial charge in [-0.25, -0.2) is 9.78 Å². The Hall–Kier alpha value is -2.78. The van der Waals surface area contributed by atoms with Crippen molar-refractivity contribution in [1.29, 1.82) is 0 Å². The molecule has 1 spiro atoms. The summed E-state index contributed by atoms with van der Waals surface area (Å²) in [6, 6.07) is 2.81. The zero-order chi connectivity index (χ0) is 21.6. The Balaban J connectivity index is 1.17. The van der Waals surface area contributed by atoms with Crippen LogP contribution in [0.5, 0.6) is 0 Å². The van der Waals surface area contributed by atoms with Crippen molar-refractivity contribution in [3.8, 4) is 11.3 Å². The molecule has 3 aliphatic carbocycles. The molecule has 164 valence electrons.